The number of nitrogens with one attached hydrogen (secondary N) is 1. The standard InChI is InChI=1S/C31H33F2N7O4/c1-38(2)13-5-6-25(41)39-14-9-21(10-15-39)40-29-19(18-35-31(37-29)36-20-7-11-34-12-8-20)16-22(30(40)42)26-27(32)23(43-3)17-24(44-4)28(26)33/h5-8,11-12,16-18,21H,9-10,13-15H2,1-4H3,(H,34,35,36,37)/b6-5+. The van der Waals surface area contributed by atoms with Crippen LogP contribution < -0.4 is 20.3 Å². The fourth-order valence-electron chi connectivity index (χ4n) is 5.20. The van der Waals surface area contributed by atoms with Gasteiger partial charge in [0.2, 0.25) is 11.9 Å². The Labute approximate surface area is 252 Å². The van der Waals surface area contributed by atoms with E-state index >= 15 is 8.78 Å². The van der Waals surface area contributed by atoms with Crippen LogP contribution in [0.5, 0.6) is 11.5 Å². The molecule has 0 spiro atoms. The molecule has 0 bridgehead atoms. The number of carbonyl (C=O) groups is 1. The van der Waals surface area contributed by atoms with Gasteiger partial charge in [-0.1, -0.05) is 6.08 Å². The number of halogens is 2. The van der Waals surface area contributed by atoms with Crippen LogP contribution in [0.25, 0.3) is 22.2 Å². The highest BCUT2D eigenvalue weighted by atomic mass is 19.1. The Morgan fingerprint density at radius 2 is 1.75 bits per heavy atom. The molecule has 11 nitrogen and oxygen atoms in total. The van der Waals surface area contributed by atoms with E-state index < -0.39 is 28.8 Å². The van der Waals surface area contributed by atoms with E-state index in [4.69, 9.17) is 9.47 Å². The van der Waals surface area contributed by atoms with Gasteiger partial charge in [-0.25, -0.2) is 13.8 Å². The molecule has 1 saturated heterocycles. The highest BCUT2D eigenvalue weighted by Crippen LogP contribution is 2.38. The number of ether oxygens (including phenoxy) is 2. The number of aromatic nitrogens is 4. The van der Waals surface area contributed by atoms with E-state index in [1.807, 2.05) is 19.0 Å². The summed E-state index contributed by atoms with van der Waals surface area (Å²) in [5.74, 6) is -2.50. The van der Waals surface area contributed by atoms with Gasteiger partial charge >= 0.3 is 0 Å². The summed E-state index contributed by atoms with van der Waals surface area (Å²) < 4.78 is 42.9. The van der Waals surface area contributed by atoms with Crippen LogP contribution in [0.4, 0.5) is 20.4 Å². The third-order valence-corrected chi connectivity index (χ3v) is 7.42. The summed E-state index contributed by atoms with van der Waals surface area (Å²) in [5, 5.41) is 3.49. The molecule has 1 N–H and O–H groups in total. The third kappa shape index (κ3) is 6.23. The van der Waals surface area contributed by atoms with Crippen molar-refractivity contribution in [3.63, 3.8) is 0 Å². The van der Waals surface area contributed by atoms with Crippen molar-refractivity contribution in [1.82, 2.24) is 29.3 Å². The van der Waals surface area contributed by atoms with Crippen LogP contribution in [-0.4, -0.2) is 83.2 Å². The highest BCUT2D eigenvalue weighted by Gasteiger charge is 2.29. The molecule has 3 aromatic heterocycles. The van der Waals surface area contributed by atoms with Gasteiger partial charge in [-0.05, 0) is 45.1 Å². The van der Waals surface area contributed by atoms with Gasteiger partial charge in [0.25, 0.3) is 5.56 Å². The molecule has 1 amide bonds. The first-order valence-corrected chi connectivity index (χ1v) is 14.0. The maximum atomic E-state index is 15.6. The van der Waals surface area contributed by atoms with Crippen LogP contribution in [0.15, 0.2) is 59.8 Å². The number of fused-ring (bicyclic) bond motifs is 1. The van der Waals surface area contributed by atoms with Crippen molar-refractivity contribution in [3.05, 3.63) is 77.0 Å². The molecule has 1 aromatic carbocycles. The monoisotopic (exact) mass is 605 g/mol. The van der Waals surface area contributed by atoms with E-state index in [0.717, 1.165) is 6.07 Å². The SMILES string of the molecule is COc1cc(OC)c(F)c(-c2cc3cnc(Nc4ccncc4)nc3n(C3CCN(C(=O)/C=C/CN(C)C)CC3)c2=O)c1F. The zero-order valence-electron chi connectivity index (χ0n) is 24.9. The molecule has 0 radical (unpaired) electrons. The second-order valence-corrected chi connectivity index (χ2v) is 10.6. The topological polar surface area (TPSA) is 115 Å². The minimum atomic E-state index is -1.03. The van der Waals surface area contributed by atoms with Crippen LogP contribution in [0.2, 0.25) is 0 Å². The van der Waals surface area contributed by atoms with Crippen molar-refractivity contribution in [3.8, 4) is 22.6 Å². The number of pyridine rings is 2. The van der Waals surface area contributed by atoms with E-state index in [0.29, 0.717) is 43.5 Å². The predicted molar refractivity (Wildman–Crippen MR) is 162 cm³/mol. The number of amides is 1. The molecule has 0 saturated carbocycles. The number of anilines is 2. The van der Waals surface area contributed by atoms with E-state index in [-0.39, 0.29) is 34.6 Å². The normalized spacial score (nSPS) is 14.0. The lowest BCUT2D eigenvalue weighted by molar-refractivity contribution is -0.127. The first-order valence-electron chi connectivity index (χ1n) is 14.0. The lowest BCUT2D eigenvalue weighted by Crippen LogP contribution is -2.40. The molecule has 0 aliphatic carbocycles. The molecule has 0 unspecified atom stereocenters. The zero-order chi connectivity index (χ0) is 31.4. The Morgan fingerprint density at radius 1 is 1.09 bits per heavy atom. The van der Waals surface area contributed by atoms with Gasteiger partial charge < -0.3 is 24.6 Å². The van der Waals surface area contributed by atoms with Crippen molar-refractivity contribution >= 4 is 28.6 Å². The van der Waals surface area contributed by atoms with Gasteiger partial charge in [0, 0.05) is 67.5 Å². The molecule has 0 atom stereocenters. The van der Waals surface area contributed by atoms with Gasteiger partial charge in [-0.2, -0.15) is 4.98 Å². The number of benzene rings is 1. The summed E-state index contributed by atoms with van der Waals surface area (Å²) in [5.41, 5.74) is -0.467. The van der Waals surface area contributed by atoms with Crippen LogP contribution >= 0.6 is 0 Å². The van der Waals surface area contributed by atoms with Gasteiger partial charge in [0.15, 0.2) is 23.1 Å². The Bertz CT molecular complexity index is 1730. The Morgan fingerprint density at radius 3 is 2.36 bits per heavy atom. The second-order valence-electron chi connectivity index (χ2n) is 10.6. The molecular formula is C31H33F2N7O4. The molecular weight excluding hydrogens is 572 g/mol. The molecule has 4 aromatic rings. The molecule has 1 aliphatic heterocycles. The lowest BCUT2D eigenvalue weighted by atomic mass is 10.0. The van der Waals surface area contributed by atoms with Gasteiger partial charge in [0.1, 0.15) is 5.65 Å². The number of methoxy groups -OCH3 is 2. The number of likely N-dealkylation sites (N-methyl/N-ethyl adjacent to an activating group) is 1. The van der Waals surface area contributed by atoms with Crippen molar-refractivity contribution in [1.29, 1.82) is 0 Å². The van der Waals surface area contributed by atoms with Gasteiger partial charge in [0.05, 0.1) is 25.3 Å². The number of piperidine rings is 1. The molecule has 13 heteroatoms. The van der Waals surface area contributed by atoms with Crippen LogP contribution in [0.1, 0.15) is 18.9 Å². The number of likely N-dealkylation sites (tertiary alicyclic amines) is 1. The molecule has 230 valence electrons. The molecule has 44 heavy (non-hydrogen) atoms. The number of carbonyl (C=O) groups excluding carboxylic acids is 1. The fraction of sp³-hybridized carbons (Fsp3) is 0.323. The number of nitrogens with zero attached hydrogens (tertiary/aromatic N) is 6. The largest absolute Gasteiger partial charge is 0.494 e. The lowest BCUT2D eigenvalue weighted by Gasteiger charge is -2.33. The van der Waals surface area contributed by atoms with Crippen LogP contribution in [0.3, 0.4) is 0 Å². The number of hydrogen-bond donors (Lipinski definition) is 1. The summed E-state index contributed by atoms with van der Waals surface area (Å²) in [6, 6.07) is 5.53. The Balaban J connectivity index is 1.61. The predicted octanol–water partition coefficient (Wildman–Crippen LogP) is 4.17. The second kappa shape index (κ2) is 13.2. The third-order valence-electron chi connectivity index (χ3n) is 7.42. The zero-order valence-corrected chi connectivity index (χ0v) is 24.9. The minimum Gasteiger partial charge on any atom is -0.494 e. The average Bonchev–Trinajstić information content (AvgIpc) is 3.02. The molecule has 5 rings (SSSR count). The summed E-state index contributed by atoms with van der Waals surface area (Å²) >= 11 is 0. The van der Waals surface area contributed by atoms with E-state index in [1.165, 1.54) is 31.0 Å². The smallest absolute Gasteiger partial charge is 0.260 e. The maximum absolute atomic E-state index is 15.6. The first-order chi connectivity index (χ1) is 21.2. The maximum Gasteiger partial charge on any atom is 0.260 e. The molecule has 1 aliphatic rings. The fourth-order valence-corrected chi connectivity index (χ4v) is 5.20. The Kier molecular flexibility index (Phi) is 9.14. The van der Waals surface area contributed by atoms with Crippen LogP contribution in [0, 0.1) is 11.6 Å². The summed E-state index contributed by atoms with van der Waals surface area (Å²) in [4.78, 5) is 43.7. The minimum absolute atomic E-state index is 0.116. The average molecular weight is 606 g/mol. The van der Waals surface area contributed by atoms with Crippen molar-refractivity contribution in [2.75, 3.05) is 53.3 Å². The highest BCUT2D eigenvalue weighted by molar-refractivity contribution is 5.87. The van der Waals surface area contributed by atoms with Gasteiger partial charge in [-0.3, -0.25) is 19.1 Å². The Hall–Kier alpha value is -4.91. The van der Waals surface area contributed by atoms with E-state index in [1.54, 1.807) is 41.6 Å². The van der Waals surface area contributed by atoms with Crippen molar-refractivity contribution in [2.24, 2.45) is 0 Å². The van der Waals surface area contributed by atoms with Crippen molar-refractivity contribution in [2.45, 2.75) is 18.9 Å². The summed E-state index contributed by atoms with van der Waals surface area (Å²) in [7, 11) is 6.32. The van der Waals surface area contributed by atoms with E-state index in [2.05, 4.69) is 20.3 Å². The molecule has 1 fully saturated rings. The summed E-state index contributed by atoms with van der Waals surface area (Å²) in [6.07, 6.45) is 8.92. The van der Waals surface area contributed by atoms with Crippen molar-refractivity contribution < 1.29 is 23.0 Å². The summed E-state index contributed by atoms with van der Waals surface area (Å²) in [6.45, 7) is 1.40. The van der Waals surface area contributed by atoms with Crippen LogP contribution in [-0.2, 0) is 4.79 Å². The number of rotatable bonds is 9. The molecule has 4 heterocycles. The van der Waals surface area contributed by atoms with Gasteiger partial charge in [-0.15, -0.1) is 0 Å². The first kappa shape index (κ1) is 30.5. The quantitative estimate of drug-likeness (QED) is 0.281. The van der Waals surface area contributed by atoms with E-state index in [9.17, 15) is 9.59 Å². The number of hydrogen-bond acceptors (Lipinski definition) is 9.